The Kier molecular flexibility index (Phi) is 3.46. The van der Waals surface area contributed by atoms with Gasteiger partial charge in [-0.1, -0.05) is 38.1 Å². The van der Waals surface area contributed by atoms with E-state index in [9.17, 15) is 10.2 Å². The lowest BCUT2D eigenvalue weighted by Crippen LogP contribution is -1.96. The number of benzene rings is 2. The molecule has 2 N–H and O–H groups in total. The molecule has 0 bridgehead atoms. The normalized spacial score (nSPS) is 11.3. The first-order chi connectivity index (χ1) is 8.52. The highest BCUT2D eigenvalue weighted by atomic mass is 16.3. The van der Waals surface area contributed by atoms with Crippen LogP contribution in [0.2, 0.25) is 0 Å². The third-order valence-electron chi connectivity index (χ3n) is 3.48. The molecule has 0 aliphatic carbocycles. The molecule has 0 aromatic heterocycles. The highest BCUT2D eigenvalue weighted by Crippen LogP contribution is 2.39. The standard InChI is InChI=1S/C16H20O2/c1-10(2)8-9-14-12-6-4-5-7-13(12)15(17)11(3)16(14)18/h4-7,10,17-18H,8-9H2,1-3H3. The molecule has 0 saturated carbocycles. The first kappa shape index (κ1) is 12.7. The summed E-state index contributed by atoms with van der Waals surface area (Å²) in [6.45, 7) is 6.11. The summed E-state index contributed by atoms with van der Waals surface area (Å²) in [4.78, 5) is 0. The van der Waals surface area contributed by atoms with Crippen LogP contribution in [-0.4, -0.2) is 10.2 Å². The van der Waals surface area contributed by atoms with Crippen LogP contribution in [-0.2, 0) is 6.42 Å². The molecule has 0 fully saturated rings. The van der Waals surface area contributed by atoms with Gasteiger partial charge >= 0.3 is 0 Å². The number of hydrogen-bond acceptors (Lipinski definition) is 2. The van der Waals surface area contributed by atoms with Crippen LogP contribution in [0.5, 0.6) is 11.5 Å². The van der Waals surface area contributed by atoms with Gasteiger partial charge in [0, 0.05) is 16.5 Å². The van der Waals surface area contributed by atoms with Crippen molar-refractivity contribution in [3.05, 3.63) is 35.4 Å². The minimum atomic E-state index is 0.191. The fourth-order valence-corrected chi connectivity index (χ4v) is 2.31. The van der Waals surface area contributed by atoms with Gasteiger partial charge in [0.1, 0.15) is 11.5 Å². The lowest BCUT2D eigenvalue weighted by atomic mass is 9.93. The van der Waals surface area contributed by atoms with Gasteiger partial charge in [-0.3, -0.25) is 0 Å². The summed E-state index contributed by atoms with van der Waals surface area (Å²) < 4.78 is 0. The summed E-state index contributed by atoms with van der Waals surface area (Å²) in [6.07, 6.45) is 1.87. The lowest BCUT2D eigenvalue weighted by molar-refractivity contribution is 0.441. The van der Waals surface area contributed by atoms with Gasteiger partial charge in [0.05, 0.1) is 0 Å². The minimum absolute atomic E-state index is 0.191. The maximum atomic E-state index is 10.2. The van der Waals surface area contributed by atoms with Gasteiger partial charge in [-0.25, -0.2) is 0 Å². The fourth-order valence-electron chi connectivity index (χ4n) is 2.31. The SMILES string of the molecule is Cc1c(O)c(CCC(C)C)c2ccccc2c1O. The molecule has 0 aliphatic heterocycles. The van der Waals surface area contributed by atoms with E-state index in [1.54, 1.807) is 6.92 Å². The summed E-state index contributed by atoms with van der Waals surface area (Å²) in [5, 5.41) is 22.1. The number of phenols is 2. The average molecular weight is 244 g/mol. The summed E-state index contributed by atoms with van der Waals surface area (Å²) >= 11 is 0. The van der Waals surface area contributed by atoms with E-state index in [2.05, 4.69) is 13.8 Å². The Labute approximate surface area is 108 Å². The second kappa shape index (κ2) is 4.89. The predicted octanol–water partition coefficient (Wildman–Crippen LogP) is 4.15. The first-order valence-electron chi connectivity index (χ1n) is 6.44. The molecule has 2 heteroatoms. The second-order valence-corrected chi connectivity index (χ2v) is 5.28. The van der Waals surface area contributed by atoms with E-state index in [1.807, 2.05) is 24.3 Å². The largest absolute Gasteiger partial charge is 0.507 e. The van der Waals surface area contributed by atoms with Crippen molar-refractivity contribution >= 4 is 10.8 Å². The lowest BCUT2D eigenvalue weighted by Gasteiger charge is -2.14. The number of hydrogen-bond donors (Lipinski definition) is 2. The molecule has 2 nitrogen and oxygen atoms in total. The molecule has 2 aromatic carbocycles. The van der Waals surface area contributed by atoms with Gasteiger partial charge in [0.15, 0.2) is 0 Å². The van der Waals surface area contributed by atoms with Crippen LogP contribution in [0.4, 0.5) is 0 Å². The van der Waals surface area contributed by atoms with Crippen molar-refractivity contribution in [2.45, 2.75) is 33.6 Å². The van der Waals surface area contributed by atoms with Crippen LogP contribution in [0, 0.1) is 12.8 Å². The van der Waals surface area contributed by atoms with E-state index >= 15 is 0 Å². The van der Waals surface area contributed by atoms with Crippen LogP contribution < -0.4 is 0 Å². The van der Waals surface area contributed by atoms with Crippen LogP contribution in [0.1, 0.15) is 31.4 Å². The van der Waals surface area contributed by atoms with E-state index in [0.29, 0.717) is 11.5 Å². The molecule has 0 saturated heterocycles. The summed E-state index contributed by atoms with van der Waals surface area (Å²) in [6, 6.07) is 7.71. The van der Waals surface area contributed by atoms with Crippen molar-refractivity contribution in [1.29, 1.82) is 0 Å². The number of aryl methyl sites for hydroxylation is 1. The summed E-state index contributed by atoms with van der Waals surface area (Å²) in [5.41, 5.74) is 1.53. The quantitative estimate of drug-likeness (QED) is 0.851. The van der Waals surface area contributed by atoms with E-state index in [4.69, 9.17) is 0 Å². The van der Waals surface area contributed by atoms with Gasteiger partial charge in [-0.05, 0) is 31.1 Å². The van der Waals surface area contributed by atoms with Crippen molar-refractivity contribution in [3.8, 4) is 11.5 Å². The van der Waals surface area contributed by atoms with Crippen molar-refractivity contribution in [2.75, 3.05) is 0 Å². The topological polar surface area (TPSA) is 40.5 Å². The molecular formula is C16H20O2. The van der Waals surface area contributed by atoms with Gasteiger partial charge in [0.25, 0.3) is 0 Å². The Morgan fingerprint density at radius 1 is 1.00 bits per heavy atom. The average Bonchev–Trinajstić information content (AvgIpc) is 2.36. The number of fused-ring (bicyclic) bond motifs is 1. The zero-order chi connectivity index (χ0) is 13.3. The third-order valence-corrected chi connectivity index (χ3v) is 3.48. The van der Waals surface area contributed by atoms with Crippen LogP contribution in [0.25, 0.3) is 10.8 Å². The molecule has 0 radical (unpaired) electrons. The van der Waals surface area contributed by atoms with Crippen LogP contribution in [0.15, 0.2) is 24.3 Å². The molecule has 0 unspecified atom stereocenters. The van der Waals surface area contributed by atoms with Gasteiger partial charge in [-0.2, -0.15) is 0 Å². The van der Waals surface area contributed by atoms with E-state index in [0.717, 1.165) is 29.2 Å². The van der Waals surface area contributed by atoms with Gasteiger partial charge in [0.2, 0.25) is 0 Å². The Morgan fingerprint density at radius 2 is 1.61 bits per heavy atom. The Hall–Kier alpha value is -1.70. The summed E-state index contributed by atoms with van der Waals surface area (Å²) in [7, 11) is 0. The first-order valence-corrected chi connectivity index (χ1v) is 6.44. The minimum Gasteiger partial charge on any atom is -0.507 e. The smallest absolute Gasteiger partial charge is 0.130 e. The molecule has 0 heterocycles. The van der Waals surface area contributed by atoms with Gasteiger partial charge < -0.3 is 10.2 Å². The number of rotatable bonds is 3. The zero-order valence-corrected chi connectivity index (χ0v) is 11.2. The molecule has 0 amide bonds. The van der Waals surface area contributed by atoms with E-state index < -0.39 is 0 Å². The van der Waals surface area contributed by atoms with Crippen molar-refractivity contribution in [3.63, 3.8) is 0 Å². The van der Waals surface area contributed by atoms with E-state index in [-0.39, 0.29) is 11.5 Å². The highest BCUT2D eigenvalue weighted by Gasteiger charge is 2.15. The Bertz CT molecular complexity index is 571. The number of phenolic OH excluding ortho intramolecular Hbond substituents is 2. The monoisotopic (exact) mass is 244 g/mol. The molecule has 2 rings (SSSR count). The molecule has 2 aromatic rings. The fraction of sp³-hybridized carbons (Fsp3) is 0.375. The van der Waals surface area contributed by atoms with Crippen molar-refractivity contribution < 1.29 is 10.2 Å². The molecule has 18 heavy (non-hydrogen) atoms. The molecular weight excluding hydrogens is 224 g/mol. The molecule has 0 aliphatic rings. The van der Waals surface area contributed by atoms with Crippen molar-refractivity contribution in [2.24, 2.45) is 5.92 Å². The van der Waals surface area contributed by atoms with Crippen LogP contribution in [0.3, 0.4) is 0 Å². The van der Waals surface area contributed by atoms with Crippen LogP contribution >= 0.6 is 0 Å². The summed E-state index contributed by atoms with van der Waals surface area (Å²) in [5.74, 6) is 1.03. The molecule has 96 valence electrons. The maximum Gasteiger partial charge on any atom is 0.130 e. The molecule has 0 atom stereocenters. The number of aromatic hydroxyl groups is 2. The third kappa shape index (κ3) is 2.15. The predicted molar refractivity (Wildman–Crippen MR) is 75.2 cm³/mol. The Balaban J connectivity index is 2.63. The van der Waals surface area contributed by atoms with Gasteiger partial charge in [-0.15, -0.1) is 0 Å². The Morgan fingerprint density at radius 3 is 2.22 bits per heavy atom. The van der Waals surface area contributed by atoms with E-state index in [1.165, 1.54) is 0 Å². The maximum absolute atomic E-state index is 10.2. The molecule has 0 spiro atoms. The van der Waals surface area contributed by atoms with Crippen molar-refractivity contribution in [1.82, 2.24) is 0 Å². The second-order valence-electron chi connectivity index (χ2n) is 5.28. The highest BCUT2D eigenvalue weighted by molar-refractivity contribution is 5.94. The zero-order valence-electron chi connectivity index (χ0n) is 11.2.